The van der Waals surface area contributed by atoms with Crippen molar-refractivity contribution < 1.29 is 9.90 Å². The van der Waals surface area contributed by atoms with Crippen LogP contribution in [-0.2, 0) is 4.79 Å². The average Bonchev–Trinajstić information content (AvgIpc) is 2.37. The zero-order valence-corrected chi connectivity index (χ0v) is 11.5. The van der Waals surface area contributed by atoms with E-state index in [4.69, 9.17) is 16.7 Å². The molecule has 0 aromatic heterocycles. The summed E-state index contributed by atoms with van der Waals surface area (Å²) in [6.07, 6.45) is 6.00. The topological polar surface area (TPSA) is 40.5 Å². The normalized spacial score (nSPS) is 15.7. The molecule has 1 aromatic carbocycles. The number of hydrogen-bond donors (Lipinski definition) is 1. The van der Waals surface area contributed by atoms with E-state index in [1.807, 2.05) is 12.1 Å². The van der Waals surface area contributed by atoms with Gasteiger partial charge in [0.25, 0.3) is 0 Å². The van der Waals surface area contributed by atoms with E-state index < -0.39 is 5.97 Å². The number of aliphatic carboxylic acids is 1. The van der Waals surface area contributed by atoms with Crippen LogP contribution in [0.4, 0.5) is 5.69 Å². The largest absolute Gasteiger partial charge is 0.478 e. The van der Waals surface area contributed by atoms with Crippen LogP contribution in [0.25, 0.3) is 6.08 Å². The van der Waals surface area contributed by atoms with E-state index in [1.54, 1.807) is 12.1 Å². The standard InChI is InChI=1S/C15H16ClNO2/c1-11-3-2-8-17(10-11)14-9-13(16)6-4-12(14)5-7-15(18)19/h3-7,9H,2,8,10H2,1H3,(H,18,19)/b7-5+. The fourth-order valence-electron chi connectivity index (χ4n) is 2.21. The number of benzene rings is 1. The van der Waals surface area contributed by atoms with E-state index in [9.17, 15) is 4.79 Å². The van der Waals surface area contributed by atoms with Crippen molar-refractivity contribution >= 4 is 29.3 Å². The molecule has 0 atom stereocenters. The van der Waals surface area contributed by atoms with Crippen LogP contribution in [0.1, 0.15) is 18.9 Å². The molecule has 0 saturated heterocycles. The Bertz CT molecular complexity index is 549. The summed E-state index contributed by atoms with van der Waals surface area (Å²) in [5.74, 6) is -0.948. The lowest BCUT2D eigenvalue weighted by Crippen LogP contribution is -2.29. The van der Waals surface area contributed by atoms with E-state index >= 15 is 0 Å². The fraction of sp³-hybridized carbons (Fsp3) is 0.267. The third kappa shape index (κ3) is 3.61. The molecular weight excluding hydrogens is 262 g/mol. The van der Waals surface area contributed by atoms with Crippen molar-refractivity contribution in [2.45, 2.75) is 13.3 Å². The van der Waals surface area contributed by atoms with Gasteiger partial charge in [-0.2, -0.15) is 0 Å². The van der Waals surface area contributed by atoms with Gasteiger partial charge in [-0.15, -0.1) is 0 Å². The number of carboxylic acid groups (broad SMARTS) is 1. The molecule has 0 spiro atoms. The molecule has 0 amide bonds. The van der Waals surface area contributed by atoms with E-state index in [-0.39, 0.29) is 0 Å². The highest BCUT2D eigenvalue weighted by Gasteiger charge is 2.14. The predicted octanol–water partition coefficient (Wildman–Crippen LogP) is 3.59. The molecule has 3 nitrogen and oxygen atoms in total. The fourth-order valence-corrected chi connectivity index (χ4v) is 2.38. The van der Waals surface area contributed by atoms with Gasteiger partial charge in [-0.1, -0.05) is 29.3 Å². The number of halogens is 1. The minimum Gasteiger partial charge on any atom is -0.478 e. The molecule has 4 heteroatoms. The summed E-state index contributed by atoms with van der Waals surface area (Å²) in [6.45, 7) is 3.88. The highest BCUT2D eigenvalue weighted by Crippen LogP contribution is 2.28. The van der Waals surface area contributed by atoms with Crippen molar-refractivity contribution in [2.75, 3.05) is 18.0 Å². The summed E-state index contributed by atoms with van der Waals surface area (Å²) in [6, 6.07) is 5.52. The summed E-state index contributed by atoms with van der Waals surface area (Å²) in [5, 5.41) is 9.40. The van der Waals surface area contributed by atoms with Gasteiger partial charge in [-0.3, -0.25) is 0 Å². The van der Waals surface area contributed by atoms with Gasteiger partial charge in [0.2, 0.25) is 0 Å². The second-order valence-electron chi connectivity index (χ2n) is 4.64. The molecular formula is C15H16ClNO2. The van der Waals surface area contributed by atoms with Gasteiger partial charge in [0, 0.05) is 29.9 Å². The van der Waals surface area contributed by atoms with Gasteiger partial charge < -0.3 is 10.0 Å². The van der Waals surface area contributed by atoms with Crippen LogP contribution >= 0.6 is 11.6 Å². The summed E-state index contributed by atoms with van der Waals surface area (Å²) in [7, 11) is 0. The van der Waals surface area contributed by atoms with Gasteiger partial charge in [0.15, 0.2) is 0 Å². The molecule has 1 aliphatic heterocycles. The number of carbonyl (C=O) groups is 1. The van der Waals surface area contributed by atoms with Crippen LogP contribution < -0.4 is 4.90 Å². The van der Waals surface area contributed by atoms with Crippen LogP contribution in [0.3, 0.4) is 0 Å². The molecule has 1 heterocycles. The predicted molar refractivity (Wildman–Crippen MR) is 78.7 cm³/mol. The van der Waals surface area contributed by atoms with Crippen molar-refractivity contribution in [1.29, 1.82) is 0 Å². The Morgan fingerprint density at radius 2 is 2.26 bits per heavy atom. The smallest absolute Gasteiger partial charge is 0.328 e. The minimum atomic E-state index is -0.948. The molecule has 0 fully saturated rings. The number of hydrogen-bond acceptors (Lipinski definition) is 2. The molecule has 0 unspecified atom stereocenters. The summed E-state index contributed by atoms with van der Waals surface area (Å²) < 4.78 is 0. The number of rotatable bonds is 3. The number of carboxylic acids is 1. The third-order valence-corrected chi connectivity index (χ3v) is 3.31. The van der Waals surface area contributed by atoms with E-state index in [0.29, 0.717) is 5.02 Å². The first-order valence-corrected chi connectivity index (χ1v) is 6.55. The molecule has 0 aliphatic carbocycles. The van der Waals surface area contributed by atoms with E-state index in [1.165, 1.54) is 5.57 Å². The lowest BCUT2D eigenvalue weighted by molar-refractivity contribution is -0.131. The SMILES string of the molecule is CC1=CCCN(c2cc(Cl)ccc2/C=C/C(=O)O)C1. The van der Waals surface area contributed by atoms with Crippen molar-refractivity contribution in [2.24, 2.45) is 0 Å². The Kier molecular flexibility index (Phi) is 4.27. The van der Waals surface area contributed by atoms with Gasteiger partial charge in [0.05, 0.1) is 0 Å². The van der Waals surface area contributed by atoms with Crippen molar-refractivity contribution in [3.63, 3.8) is 0 Å². The Morgan fingerprint density at radius 1 is 1.47 bits per heavy atom. The molecule has 19 heavy (non-hydrogen) atoms. The Morgan fingerprint density at radius 3 is 2.95 bits per heavy atom. The molecule has 0 bridgehead atoms. The van der Waals surface area contributed by atoms with Gasteiger partial charge >= 0.3 is 5.97 Å². The van der Waals surface area contributed by atoms with Crippen molar-refractivity contribution in [3.05, 3.63) is 46.5 Å². The zero-order valence-electron chi connectivity index (χ0n) is 10.8. The van der Waals surface area contributed by atoms with Crippen molar-refractivity contribution in [1.82, 2.24) is 0 Å². The lowest BCUT2D eigenvalue weighted by Gasteiger charge is -2.29. The Balaban J connectivity index is 2.34. The van der Waals surface area contributed by atoms with Crippen LogP contribution in [-0.4, -0.2) is 24.2 Å². The van der Waals surface area contributed by atoms with E-state index in [2.05, 4.69) is 17.9 Å². The highest BCUT2D eigenvalue weighted by molar-refractivity contribution is 6.31. The maximum atomic E-state index is 10.6. The van der Waals surface area contributed by atoms with E-state index in [0.717, 1.165) is 36.8 Å². The zero-order chi connectivity index (χ0) is 13.8. The maximum absolute atomic E-state index is 10.6. The average molecular weight is 278 g/mol. The summed E-state index contributed by atoms with van der Waals surface area (Å²) >= 11 is 6.05. The second kappa shape index (κ2) is 5.93. The van der Waals surface area contributed by atoms with Crippen LogP contribution in [0.15, 0.2) is 35.9 Å². The second-order valence-corrected chi connectivity index (χ2v) is 5.07. The third-order valence-electron chi connectivity index (χ3n) is 3.07. The molecule has 1 aromatic rings. The quantitative estimate of drug-likeness (QED) is 0.678. The maximum Gasteiger partial charge on any atom is 0.328 e. The summed E-state index contributed by atoms with van der Waals surface area (Å²) in [4.78, 5) is 12.9. The lowest BCUT2D eigenvalue weighted by atomic mass is 10.1. The highest BCUT2D eigenvalue weighted by atomic mass is 35.5. The van der Waals surface area contributed by atoms with Gasteiger partial charge in [-0.05, 0) is 37.1 Å². The number of anilines is 1. The molecule has 0 saturated carbocycles. The van der Waals surface area contributed by atoms with Crippen molar-refractivity contribution in [3.8, 4) is 0 Å². The minimum absolute atomic E-state index is 0.662. The molecule has 0 radical (unpaired) electrons. The van der Waals surface area contributed by atoms with Crippen LogP contribution in [0, 0.1) is 0 Å². The van der Waals surface area contributed by atoms with Gasteiger partial charge in [-0.25, -0.2) is 4.79 Å². The first-order chi connectivity index (χ1) is 9.06. The summed E-state index contributed by atoms with van der Waals surface area (Å²) in [5.41, 5.74) is 3.18. The molecule has 2 rings (SSSR count). The Labute approximate surface area is 117 Å². The number of nitrogens with zero attached hydrogens (tertiary/aromatic N) is 1. The first kappa shape index (κ1) is 13.7. The molecule has 100 valence electrons. The molecule has 1 aliphatic rings. The van der Waals surface area contributed by atoms with Crippen LogP contribution in [0.5, 0.6) is 0 Å². The molecule has 1 N–H and O–H groups in total. The monoisotopic (exact) mass is 277 g/mol. The van der Waals surface area contributed by atoms with Crippen LogP contribution in [0.2, 0.25) is 5.02 Å². The van der Waals surface area contributed by atoms with Gasteiger partial charge in [0.1, 0.15) is 0 Å². The Hall–Kier alpha value is -1.74. The first-order valence-electron chi connectivity index (χ1n) is 6.17.